The number of nitrogens with zero attached hydrogens (tertiary/aromatic N) is 1. The first-order chi connectivity index (χ1) is 17.4. The van der Waals surface area contributed by atoms with Crippen molar-refractivity contribution in [3.05, 3.63) is 45.7 Å². The number of carbonyl (C=O) groups excluding carboxylic acids is 1. The van der Waals surface area contributed by atoms with Crippen LogP contribution < -0.4 is 14.3 Å². The van der Waals surface area contributed by atoms with E-state index in [1.54, 1.807) is 11.5 Å². The molecule has 4 rings (SSSR count). The molecule has 202 valence electrons. The summed E-state index contributed by atoms with van der Waals surface area (Å²) in [5.74, 6) is -1.61. The van der Waals surface area contributed by atoms with E-state index in [-0.39, 0.29) is 24.5 Å². The summed E-state index contributed by atoms with van der Waals surface area (Å²) in [7, 11) is -4.52. The predicted octanol–water partition coefficient (Wildman–Crippen LogP) is 3.77. The van der Waals surface area contributed by atoms with Gasteiger partial charge in [0.2, 0.25) is 0 Å². The van der Waals surface area contributed by atoms with Gasteiger partial charge in [-0.15, -0.1) is 0 Å². The molecule has 0 atom stereocenters. The highest BCUT2D eigenvalue weighted by Crippen LogP contribution is 2.51. The number of rotatable bonds is 9. The van der Waals surface area contributed by atoms with Crippen LogP contribution in [0.25, 0.3) is 11.3 Å². The molecule has 1 aliphatic carbocycles. The van der Waals surface area contributed by atoms with Gasteiger partial charge < -0.3 is 23.0 Å². The third-order valence-electron chi connectivity index (χ3n) is 6.54. The van der Waals surface area contributed by atoms with E-state index >= 15 is 0 Å². The van der Waals surface area contributed by atoms with E-state index in [1.165, 1.54) is 25.4 Å². The van der Waals surface area contributed by atoms with Crippen molar-refractivity contribution in [2.75, 3.05) is 26.9 Å². The van der Waals surface area contributed by atoms with Gasteiger partial charge in [-0.2, -0.15) is 21.6 Å². The highest BCUT2D eigenvalue weighted by Gasteiger charge is 2.49. The molecule has 2 aliphatic rings. The Bertz CT molecular complexity index is 1360. The van der Waals surface area contributed by atoms with Gasteiger partial charge in [0, 0.05) is 43.5 Å². The van der Waals surface area contributed by atoms with E-state index in [0.717, 1.165) is 25.3 Å². The van der Waals surface area contributed by atoms with Gasteiger partial charge in [0.15, 0.2) is 16.9 Å². The number of aromatic nitrogens is 1. The first-order valence-electron chi connectivity index (χ1n) is 11.7. The number of halogens is 3. The van der Waals surface area contributed by atoms with Crippen LogP contribution in [0.4, 0.5) is 13.2 Å². The van der Waals surface area contributed by atoms with Crippen molar-refractivity contribution in [2.24, 2.45) is 0 Å². The smallest absolute Gasteiger partial charge is 0.490 e. The van der Waals surface area contributed by atoms with Crippen LogP contribution in [0.15, 0.2) is 29.2 Å². The Morgan fingerprint density at radius 1 is 1.14 bits per heavy atom. The first kappa shape index (κ1) is 27.0. The second-order valence-corrected chi connectivity index (χ2v) is 10.5. The Kier molecular flexibility index (Phi) is 7.30. The summed E-state index contributed by atoms with van der Waals surface area (Å²) in [6, 6.07) is 3.80. The zero-order chi connectivity index (χ0) is 27.0. The zero-order valence-corrected chi connectivity index (χ0v) is 21.0. The molecule has 37 heavy (non-hydrogen) atoms. The number of ether oxygens (including phenoxy) is 3. The highest BCUT2D eigenvalue weighted by atomic mass is 32.2. The summed E-state index contributed by atoms with van der Waals surface area (Å²) in [6.45, 7) is 2.06. The standard InChI is InChI=1S/C24H26F3NO8S/c1-3-34-22(30)17-14-28-18(12-19(17)29)16-11-21(36-37(31,32)24(25,26)27)20(35-9-5-8-33-2)10-15(16)13-23(28)6-4-7-23/h10-12,14H,3-9,13H2,1-2H3. The number of fused-ring (bicyclic) bond motifs is 4. The fourth-order valence-electron chi connectivity index (χ4n) is 4.65. The van der Waals surface area contributed by atoms with Crippen LogP contribution in [0.3, 0.4) is 0 Å². The van der Waals surface area contributed by atoms with Crippen LogP contribution in [-0.2, 0) is 31.6 Å². The van der Waals surface area contributed by atoms with Gasteiger partial charge in [0.25, 0.3) is 0 Å². The van der Waals surface area contributed by atoms with Gasteiger partial charge in [-0.3, -0.25) is 4.79 Å². The van der Waals surface area contributed by atoms with E-state index in [4.69, 9.17) is 14.2 Å². The fourth-order valence-corrected chi connectivity index (χ4v) is 5.11. The van der Waals surface area contributed by atoms with Crippen molar-refractivity contribution in [1.29, 1.82) is 0 Å². The van der Waals surface area contributed by atoms with Crippen molar-refractivity contribution < 1.29 is 44.8 Å². The number of pyridine rings is 1. The molecule has 0 radical (unpaired) electrons. The Labute approximate surface area is 211 Å². The molecule has 0 bridgehead atoms. The molecule has 2 aromatic rings. The second-order valence-electron chi connectivity index (χ2n) is 8.92. The van der Waals surface area contributed by atoms with Crippen molar-refractivity contribution >= 4 is 16.1 Å². The minimum atomic E-state index is -6.00. The number of carbonyl (C=O) groups is 1. The van der Waals surface area contributed by atoms with E-state index in [0.29, 0.717) is 36.3 Å². The van der Waals surface area contributed by atoms with Gasteiger partial charge in [-0.25, -0.2) is 4.79 Å². The van der Waals surface area contributed by atoms with Gasteiger partial charge in [0.1, 0.15) is 5.56 Å². The summed E-state index contributed by atoms with van der Waals surface area (Å²) in [5, 5.41) is 0. The molecule has 1 saturated carbocycles. The van der Waals surface area contributed by atoms with E-state index in [9.17, 15) is 31.2 Å². The lowest BCUT2D eigenvalue weighted by Crippen LogP contribution is -2.46. The molecule has 1 aromatic heterocycles. The van der Waals surface area contributed by atoms with Crippen molar-refractivity contribution in [3.63, 3.8) is 0 Å². The minimum Gasteiger partial charge on any atom is -0.490 e. The third-order valence-corrected chi connectivity index (χ3v) is 7.51. The number of benzene rings is 1. The minimum absolute atomic E-state index is 0.0408. The lowest BCUT2D eigenvalue weighted by molar-refractivity contribution is -0.0500. The molecule has 2 heterocycles. The van der Waals surface area contributed by atoms with Crippen molar-refractivity contribution in [3.8, 4) is 22.8 Å². The molecule has 1 spiro atoms. The zero-order valence-electron chi connectivity index (χ0n) is 20.2. The first-order valence-corrected chi connectivity index (χ1v) is 13.1. The largest absolute Gasteiger partial charge is 0.534 e. The van der Waals surface area contributed by atoms with Crippen LogP contribution in [0.2, 0.25) is 0 Å². The molecular weight excluding hydrogens is 519 g/mol. The van der Waals surface area contributed by atoms with E-state index in [1.807, 2.05) is 0 Å². The molecule has 1 fully saturated rings. The SMILES string of the molecule is CCOC(=O)c1cn2c(cc1=O)-c1cc(OS(=O)(=O)C(F)(F)F)c(OCCCOC)cc1CC21CCC1. The summed E-state index contributed by atoms with van der Waals surface area (Å²) in [4.78, 5) is 25.2. The molecule has 0 N–H and O–H groups in total. The quantitative estimate of drug-likeness (QED) is 0.203. The van der Waals surface area contributed by atoms with Gasteiger partial charge >= 0.3 is 21.6 Å². The maximum atomic E-state index is 13.1. The average molecular weight is 546 g/mol. The summed E-state index contributed by atoms with van der Waals surface area (Å²) in [5.41, 5.74) is -5.60. The van der Waals surface area contributed by atoms with Crippen LogP contribution >= 0.6 is 0 Å². The average Bonchev–Trinajstić information content (AvgIpc) is 2.79. The number of hydrogen-bond donors (Lipinski definition) is 0. The fraction of sp³-hybridized carbons (Fsp3) is 0.500. The summed E-state index contributed by atoms with van der Waals surface area (Å²) in [6.07, 6.45) is 4.64. The van der Waals surface area contributed by atoms with Crippen LogP contribution in [-0.4, -0.2) is 51.4 Å². The van der Waals surface area contributed by atoms with Crippen LogP contribution in [0, 0.1) is 0 Å². The highest BCUT2D eigenvalue weighted by molar-refractivity contribution is 7.88. The summed E-state index contributed by atoms with van der Waals surface area (Å²) < 4.78 is 84.8. The molecule has 1 aromatic carbocycles. The van der Waals surface area contributed by atoms with Gasteiger partial charge in [-0.1, -0.05) is 0 Å². The number of methoxy groups -OCH3 is 1. The molecular formula is C24H26F3NO8S. The normalized spacial score (nSPS) is 15.9. The molecule has 0 saturated heterocycles. The molecule has 1 aliphatic heterocycles. The molecule has 13 heteroatoms. The van der Waals surface area contributed by atoms with E-state index in [2.05, 4.69) is 4.18 Å². The topological polar surface area (TPSA) is 110 Å². The maximum Gasteiger partial charge on any atom is 0.534 e. The Morgan fingerprint density at radius 2 is 1.86 bits per heavy atom. The monoisotopic (exact) mass is 545 g/mol. The summed E-state index contributed by atoms with van der Waals surface area (Å²) >= 11 is 0. The maximum absolute atomic E-state index is 13.1. The van der Waals surface area contributed by atoms with Crippen LogP contribution in [0.1, 0.15) is 48.5 Å². The second kappa shape index (κ2) is 10.0. The van der Waals surface area contributed by atoms with Crippen LogP contribution in [0.5, 0.6) is 11.5 Å². The number of hydrogen-bond acceptors (Lipinski definition) is 8. The van der Waals surface area contributed by atoms with Crippen molar-refractivity contribution in [2.45, 2.75) is 50.1 Å². The van der Waals surface area contributed by atoms with Gasteiger partial charge in [0.05, 0.1) is 18.9 Å². The predicted molar refractivity (Wildman–Crippen MR) is 125 cm³/mol. The number of esters is 1. The number of alkyl halides is 3. The Hall–Kier alpha value is -3.06. The van der Waals surface area contributed by atoms with Gasteiger partial charge in [-0.05, 0) is 50.3 Å². The van der Waals surface area contributed by atoms with E-state index < -0.39 is 38.3 Å². The lowest BCUT2D eigenvalue weighted by atomic mass is 9.69. The van der Waals surface area contributed by atoms with Crippen molar-refractivity contribution in [1.82, 2.24) is 4.57 Å². The molecule has 9 nitrogen and oxygen atoms in total. The third kappa shape index (κ3) is 5.06. The molecule has 0 unspecified atom stereocenters. The lowest BCUT2D eigenvalue weighted by Gasteiger charge is -2.48. The Balaban J connectivity index is 1.86. The Morgan fingerprint density at radius 3 is 2.46 bits per heavy atom. The molecule has 0 amide bonds.